The maximum atomic E-state index is 12.1. The molecule has 1 aromatic rings. The Balaban J connectivity index is 2.99. The molecule has 2 N–H and O–H groups in total. The number of carbonyl (C=O) groups is 2. The summed E-state index contributed by atoms with van der Waals surface area (Å²) in [6.07, 6.45) is 3.20. The number of benzene rings is 1. The van der Waals surface area contributed by atoms with Crippen molar-refractivity contribution in [3.8, 4) is 0 Å². The molecule has 1 amide bonds. The van der Waals surface area contributed by atoms with E-state index in [1.807, 2.05) is 4.72 Å². The standard InChI is InChI=1S/C16H19NO6S/c1-3-23-16(20)13(5-4-10-18)11-15(19)17-24(21,22)14-8-6-12(2)7-9-14/h4-9,11,18H,3,10H2,1-2H3,(H,17,19)/b5-4+,13-11+. The van der Waals surface area contributed by atoms with Gasteiger partial charge in [-0.1, -0.05) is 23.8 Å². The number of sulfonamides is 1. The molecule has 0 atom stereocenters. The number of ether oxygens (including phenoxy) is 1. The number of aliphatic hydroxyl groups is 1. The number of aliphatic hydroxyl groups excluding tert-OH is 1. The van der Waals surface area contributed by atoms with Crippen LogP contribution >= 0.6 is 0 Å². The summed E-state index contributed by atoms with van der Waals surface area (Å²) in [7, 11) is -4.05. The van der Waals surface area contributed by atoms with E-state index in [9.17, 15) is 18.0 Å². The summed E-state index contributed by atoms with van der Waals surface area (Å²) in [6.45, 7) is 3.14. The fraction of sp³-hybridized carbons (Fsp3) is 0.250. The van der Waals surface area contributed by atoms with Crippen molar-refractivity contribution in [2.24, 2.45) is 0 Å². The Morgan fingerprint density at radius 1 is 1.25 bits per heavy atom. The smallest absolute Gasteiger partial charge is 0.338 e. The van der Waals surface area contributed by atoms with Gasteiger partial charge in [0.2, 0.25) is 0 Å². The molecular weight excluding hydrogens is 334 g/mol. The second-order valence-corrected chi connectivity index (χ2v) is 6.37. The van der Waals surface area contributed by atoms with Crippen LogP contribution in [0.2, 0.25) is 0 Å². The number of hydrogen-bond acceptors (Lipinski definition) is 6. The SMILES string of the molecule is CCOC(=O)C(/C=C/CO)=C/C(=O)NS(=O)(=O)c1ccc(C)cc1. The molecule has 0 spiro atoms. The van der Waals surface area contributed by atoms with Crippen LogP contribution in [0.3, 0.4) is 0 Å². The van der Waals surface area contributed by atoms with Crippen molar-refractivity contribution in [2.45, 2.75) is 18.7 Å². The van der Waals surface area contributed by atoms with E-state index < -0.39 is 21.9 Å². The van der Waals surface area contributed by atoms with Crippen LogP contribution in [0.4, 0.5) is 0 Å². The molecular formula is C16H19NO6S. The fourth-order valence-electron chi connectivity index (χ4n) is 1.65. The third-order valence-electron chi connectivity index (χ3n) is 2.77. The first-order valence-electron chi connectivity index (χ1n) is 7.09. The van der Waals surface area contributed by atoms with Crippen LogP contribution in [0.15, 0.2) is 53.0 Å². The van der Waals surface area contributed by atoms with Gasteiger partial charge < -0.3 is 9.84 Å². The number of hydrogen-bond donors (Lipinski definition) is 2. The number of carbonyl (C=O) groups excluding carboxylic acids is 2. The average Bonchev–Trinajstić information content (AvgIpc) is 2.51. The predicted octanol–water partition coefficient (Wildman–Crippen LogP) is 0.838. The zero-order chi connectivity index (χ0) is 18.2. The zero-order valence-corrected chi connectivity index (χ0v) is 14.2. The Bertz CT molecular complexity index is 747. The van der Waals surface area contributed by atoms with Crippen LogP contribution in [0.1, 0.15) is 12.5 Å². The van der Waals surface area contributed by atoms with E-state index in [1.54, 1.807) is 26.0 Å². The molecule has 7 nitrogen and oxygen atoms in total. The van der Waals surface area contributed by atoms with Crippen molar-refractivity contribution in [1.29, 1.82) is 0 Å². The van der Waals surface area contributed by atoms with E-state index in [4.69, 9.17) is 9.84 Å². The highest BCUT2D eigenvalue weighted by atomic mass is 32.2. The van der Waals surface area contributed by atoms with Gasteiger partial charge in [0.15, 0.2) is 0 Å². The topological polar surface area (TPSA) is 110 Å². The van der Waals surface area contributed by atoms with E-state index >= 15 is 0 Å². The van der Waals surface area contributed by atoms with Crippen LogP contribution in [-0.4, -0.2) is 38.6 Å². The minimum atomic E-state index is -4.05. The third-order valence-corrected chi connectivity index (χ3v) is 4.13. The minimum absolute atomic E-state index is 0.0709. The second kappa shape index (κ2) is 8.99. The first kappa shape index (κ1) is 19.6. The van der Waals surface area contributed by atoms with E-state index in [0.29, 0.717) is 0 Å². The van der Waals surface area contributed by atoms with Gasteiger partial charge in [0, 0.05) is 6.08 Å². The quantitative estimate of drug-likeness (QED) is 0.427. The Labute approximate surface area is 140 Å². The molecule has 0 saturated heterocycles. The van der Waals surface area contributed by atoms with Crippen LogP contribution < -0.4 is 4.72 Å². The van der Waals surface area contributed by atoms with Crippen molar-refractivity contribution >= 4 is 21.9 Å². The maximum absolute atomic E-state index is 12.1. The molecule has 130 valence electrons. The number of esters is 1. The van der Waals surface area contributed by atoms with Crippen LogP contribution in [0.5, 0.6) is 0 Å². The molecule has 0 unspecified atom stereocenters. The second-order valence-electron chi connectivity index (χ2n) is 4.69. The highest BCUT2D eigenvalue weighted by Gasteiger charge is 2.18. The third kappa shape index (κ3) is 5.98. The van der Waals surface area contributed by atoms with E-state index in [1.165, 1.54) is 24.3 Å². The molecule has 0 aliphatic rings. The fourth-order valence-corrected chi connectivity index (χ4v) is 2.58. The van der Waals surface area contributed by atoms with Crippen LogP contribution in [-0.2, 0) is 24.3 Å². The summed E-state index contributed by atoms with van der Waals surface area (Å²) in [5.74, 6) is -1.80. The van der Waals surface area contributed by atoms with Gasteiger partial charge in [0.05, 0.1) is 23.7 Å². The summed E-state index contributed by atoms with van der Waals surface area (Å²) in [4.78, 5) is 23.5. The number of aryl methyl sites for hydroxylation is 1. The van der Waals surface area contributed by atoms with Crippen molar-refractivity contribution in [1.82, 2.24) is 4.72 Å². The highest BCUT2D eigenvalue weighted by Crippen LogP contribution is 2.10. The lowest BCUT2D eigenvalue weighted by Crippen LogP contribution is -2.29. The number of nitrogens with one attached hydrogen (secondary N) is 1. The summed E-state index contributed by atoms with van der Waals surface area (Å²) in [5, 5.41) is 8.76. The largest absolute Gasteiger partial charge is 0.462 e. The van der Waals surface area contributed by atoms with Crippen molar-refractivity contribution in [3.05, 3.63) is 53.6 Å². The van der Waals surface area contributed by atoms with Crippen molar-refractivity contribution in [3.63, 3.8) is 0 Å². The van der Waals surface area contributed by atoms with Gasteiger partial charge in [0.25, 0.3) is 15.9 Å². The lowest BCUT2D eigenvalue weighted by molar-refractivity contribution is -0.138. The van der Waals surface area contributed by atoms with Gasteiger partial charge in [-0.3, -0.25) is 4.79 Å². The number of amides is 1. The highest BCUT2D eigenvalue weighted by molar-refractivity contribution is 7.90. The van der Waals surface area contributed by atoms with Gasteiger partial charge in [0.1, 0.15) is 0 Å². The monoisotopic (exact) mass is 353 g/mol. The number of rotatable bonds is 7. The van der Waals surface area contributed by atoms with Gasteiger partial charge in [-0.05, 0) is 32.1 Å². The zero-order valence-electron chi connectivity index (χ0n) is 13.4. The Hall–Kier alpha value is -2.45. The Kier molecular flexibility index (Phi) is 7.34. The molecule has 0 aliphatic heterocycles. The molecule has 0 bridgehead atoms. The average molecular weight is 353 g/mol. The first-order valence-corrected chi connectivity index (χ1v) is 8.58. The van der Waals surface area contributed by atoms with Crippen LogP contribution in [0, 0.1) is 6.92 Å². The maximum Gasteiger partial charge on any atom is 0.338 e. The minimum Gasteiger partial charge on any atom is -0.462 e. The summed E-state index contributed by atoms with van der Waals surface area (Å²) in [5.41, 5.74) is 0.696. The molecule has 24 heavy (non-hydrogen) atoms. The van der Waals surface area contributed by atoms with E-state index in [-0.39, 0.29) is 23.7 Å². The molecule has 1 aromatic carbocycles. The summed E-state index contributed by atoms with van der Waals surface area (Å²) < 4.78 is 30.8. The normalized spacial score (nSPS) is 12.2. The summed E-state index contributed by atoms with van der Waals surface area (Å²) in [6, 6.07) is 5.94. The molecule has 0 fully saturated rings. The van der Waals surface area contributed by atoms with E-state index in [0.717, 1.165) is 11.6 Å². The Morgan fingerprint density at radius 3 is 2.42 bits per heavy atom. The Morgan fingerprint density at radius 2 is 1.88 bits per heavy atom. The predicted molar refractivity (Wildman–Crippen MR) is 87.4 cm³/mol. The van der Waals surface area contributed by atoms with Gasteiger partial charge in [-0.25, -0.2) is 17.9 Å². The molecule has 8 heteroatoms. The molecule has 0 radical (unpaired) electrons. The van der Waals surface area contributed by atoms with Crippen molar-refractivity contribution in [2.75, 3.05) is 13.2 Å². The molecule has 0 heterocycles. The molecule has 0 aliphatic carbocycles. The van der Waals surface area contributed by atoms with Crippen molar-refractivity contribution < 1.29 is 27.9 Å². The molecule has 1 rings (SSSR count). The first-order chi connectivity index (χ1) is 11.3. The lowest BCUT2D eigenvalue weighted by Gasteiger charge is -2.06. The molecule has 0 aromatic heterocycles. The summed E-state index contributed by atoms with van der Waals surface area (Å²) >= 11 is 0. The van der Waals surface area contributed by atoms with Gasteiger partial charge >= 0.3 is 5.97 Å². The van der Waals surface area contributed by atoms with Gasteiger partial charge in [-0.2, -0.15) is 0 Å². The van der Waals surface area contributed by atoms with Gasteiger partial charge in [-0.15, -0.1) is 0 Å². The lowest BCUT2D eigenvalue weighted by atomic mass is 10.2. The van der Waals surface area contributed by atoms with E-state index in [2.05, 4.69) is 0 Å². The van der Waals surface area contributed by atoms with Crippen LogP contribution in [0.25, 0.3) is 0 Å². The molecule has 0 saturated carbocycles.